The number of hydrogen-bond donors (Lipinski definition) is 3. The van der Waals surface area contributed by atoms with Gasteiger partial charge in [-0.1, -0.05) is 13.8 Å². The van der Waals surface area contributed by atoms with Gasteiger partial charge in [0.1, 0.15) is 6.04 Å². The van der Waals surface area contributed by atoms with E-state index in [4.69, 9.17) is 9.72 Å². The summed E-state index contributed by atoms with van der Waals surface area (Å²) < 4.78 is 5.69. The molecule has 0 spiro atoms. The van der Waals surface area contributed by atoms with E-state index in [1.165, 1.54) is 0 Å². The molecule has 0 aromatic carbocycles. The van der Waals surface area contributed by atoms with Crippen molar-refractivity contribution in [1.82, 2.24) is 10.3 Å². The van der Waals surface area contributed by atoms with Gasteiger partial charge in [-0.3, -0.25) is 9.78 Å². The monoisotopic (exact) mass is 405 g/mol. The molecule has 7 heteroatoms. The number of carboxylic acids is 1. The number of nitrogens with one attached hydrogen (secondary N) is 2. The highest BCUT2D eigenvalue weighted by Crippen LogP contribution is 2.20. The fourth-order valence-corrected chi connectivity index (χ4v) is 3.55. The topological polar surface area (TPSA) is 101 Å². The van der Waals surface area contributed by atoms with Crippen molar-refractivity contribution in [1.29, 1.82) is 0 Å². The van der Waals surface area contributed by atoms with E-state index in [0.717, 1.165) is 62.1 Å². The van der Waals surface area contributed by atoms with E-state index < -0.39 is 12.0 Å². The Hall–Kier alpha value is -2.15. The molecule has 1 aliphatic heterocycles. The molecular formula is C22H35N3O4. The number of rotatable bonds is 13. The SMILES string of the molecule is CCC(CC)C(=O)NC(CCCCOCCc1ccc2c(n1)CCCN2)C(=O)O. The second-order valence-electron chi connectivity index (χ2n) is 7.60. The molecule has 1 amide bonds. The van der Waals surface area contributed by atoms with E-state index in [0.29, 0.717) is 26.1 Å². The number of hydrogen-bond acceptors (Lipinski definition) is 5. The molecule has 2 heterocycles. The minimum atomic E-state index is -0.974. The third-order valence-electron chi connectivity index (χ3n) is 5.44. The maximum Gasteiger partial charge on any atom is 0.326 e. The first-order chi connectivity index (χ1) is 14.0. The molecule has 29 heavy (non-hydrogen) atoms. The Kier molecular flexibility index (Phi) is 9.91. The summed E-state index contributed by atoms with van der Waals surface area (Å²) in [5.41, 5.74) is 3.33. The fourth-order valence-electron chi connectivity index (χ4n) is 3.55. The maximum absolute atomic E-state index is 12.1. The molecule has 0 saturated heterocycles. The minimum Gasteiger partial charge on any atom is -0.480 e. The number of amides is 1. The Morgan fingerprint density at radius 2 is 2.03 bits per heavy atom. The lowest BCUT2D eigenvalue weighted by Crippen LogP contribution is -2.43. The number of carbonyl (C=O) groups is 2. The molecule has 7 nitrogen and oxygen atoms in total. The number of anilines is 1. The average molecular weight is 406 g/mol. The van der Waals surface area contributed by atoms with Crippen LogP contribution in [0.15, 0.2) is 12.1 Å². The van der Waals surface area contributed by atoms with Gasteiger partial charge >= 0.3 is 5.97 Å². The molecule has 2 rings (SSSR count). The van der Waals surface area contributed by atoms with Gasteiger partial charge in [-0.05, 0) is 57.1 Å². The predicted octanol–water partition coefficient (Wildman–Crippen LogP) is 3.17. The Morgan fingerprint density at radius 3 is 2.76 bits per heavy atom. The Labute approximate surface area is 173 Å². The van der Waals surface area contributed by atoms with Gasteiger partial charge in [-0.15, -0.1) is 0 Å². The van der Waals surface area contributed by atoms with Crippen LogP contribution >= 0.6 is 0 Å². The molecule has 1 aliphatic rings. The number of ether oxygens (including phenoxy) is 1. The van der Waals surface area contributed by atoms with E-state index in [1.54, 1.807) is 0 Å². The van der Waals surface area contributed by atoms with Crippen LogP contribution in [0.2, 0.25) is 0 Å². The van der Waals surface area contributed by atoms with Crippen molar-refractivity contribution in [3.8, 4) is 0 Å². The summed E-state index contributed by atoms with van der Waals surface area (Å²) in [6.45, 7) is 6.09. The van der Waals surface area contributed by atoms with Crippen LogP contribution in [0.4, 0.5) is 5.69 Å². The number of fused-ring (bicyclic) bond motifs is 1. The highest BCUT2D eigenvalue weighted by atomic mass is 16.5. The lowest BCUT2D eigenvalue weighted by molar-refractivity contribution is -0.142. The molecule has 1 unspecified atom stereocenters. The van der Waals surface area contributed by atoms with Crippen LogP contribution in [0.1, 0.15) is 63.8 Å². The number of aliphatic carboxylic acids is 1. The number of nitrogens with zero attached hydrogens (tertiary/aromatic N) is 1. The molecule has 162 valence electrons. The number of pyridine rings is 1. The molecule has 1 aromatic rings. The van der Waals surface area contributed by atoms with Crippen LogP contribution in [0.5, 0.6) is 0 Å². The van der Waals surface area contributed by atoms with Gasteiger partial charge < -0.3 is 20.5 Å². The zero-order valence-electron chi connectivity index (χ0n) is 17.7. The van der Waals surface area contributed by atoms with E-state index >= 15 is 0 Å². The molecule has 0 saturated carbocycles. The number of aryl methyl sites for hydroxylation is 1. The average Bonchev–Trinajstić information content (AvgIpc) is 2.72. The summed E-state index contributed by atoms with van der Waals surface area (Å²) in [6, 6.07) is 3.32. The van der Waals surface area contributed by atoms with E-state index in [-0.39, 0.29) is 11.8 Å². The molecule has 0 aliphatic carbocycles. The van der Waals surface area contributed by atoms with Crippen molar-refractivity contribution in [3.05, 3.63) is 23.5 Å². The first-order valence-corrected chi connectivity index (χ1v) is 10.9. The molecule has 3 N–H and O–H groups in total. The van der Waals surface area contributed by atoms with Crippen LogP contribution in [-0.4, -0.2) is 47.8 Å². The summed E-state index contributed by atoms with van der Waals surface area (Å²) in [5, 5.41) is 15.4. The maximum atomic E-state index is 12.1. The van der Waals surface area contributed by atoms with Crippen LogP contribution in [0, 0.1) is 5.92 Å². The molecular weight excluding hydrogens is 370 g/mol. The fraction of sp³-hybridized carbons (Fsp3) is 0.682. The summed E-state index contributed by atoms with van der Waals surface area (Å²) in [6.07, 6.45) is 6.25. The quantitative estimate of drug-likeness (QED) is 0.436. The third kappa shape index (κ3) is 7.65. The molecule has 0 radical (unpaired) electrons. The number of carbonyl (C=O) groups excluding carboxylic acids is 1. The first-order valence-electron chi connectivity index (χ1n) is 10.9. The van der Waals surface area contributed by atoms with Crippen LogP contribution in [-0.2, 0) is 27.2 Å². The van der Waals surface area contributed by atoms with E-state index in [1.807, 2.05) is 19.9 Å². The first kappa shape index (κ1) is 23.1. The largest absolute Gasteiger partial charge is 0.480 e. The molecule has 1 atom stereocenters. The molecule has 0 bridgehead atoms. The van der Waals surface area contributed by atoms with Crippen molar-refractivity contribution < 1.29 is 19.4 Å². The zero-order chi connectivity index (χ0) is 21.1. The Bertz CT molecular complexity index is 661. The molecule has 0 fully saturated rings. The van der Waals surface area contributed by atoms with Gasteiger partial charge in [0.05, 0.1) is 18.0 Å². The highest BCUT2D eigenvalue weighted by molar-refractivity contribution is 5.84. The predicted molar refractivity (Wildman–Crippen MR) is 113 cm³/mol. The standard InChI is InChI=1S/C22H35N3O4/c1-3-16(4-2)21(26)25-20(22(27)28)8-5-6-14-29-15-12-17-10-11-18-19(24-17)9-7-13-23-18/h10-11,16,20,23H,3-9,12-15H2,1-2H3,(H,25,26)(H,27,28). The van der Waals surface area contributed by atoms with E-state index in [9.17, 15) is 14.7 Å². The summed E-state index contributed by atoms with van der Waals surface area (Å²) in [4.78, 5) is 28.2. The number of unbranched alkanes of at least 4 members (excludes halogenated alkanes) is 1. The smallest absolute Gasteiger partial charge is 0.326 e. The zero-order valence-corrected chi connectivity index (χ0v) is 17.7. The third-order valence-corrected chi connectivity index (χ3v) is 5.44. The highest BCUT2D eigenvalue weighted by Gasteiger charge is 2.23. The number of carboxylic acid groups (broad SMARTS) is 1. The second kappa shape index (κ2) is 12.4. The summed E-state index contributed by atoms with van der Waals surface area (Å²) in [5.74, 6) is -1.25. The lowest BCUT2D eigenvalue weighted by atomic mass is 10.0. The van der Waals surface area contributed by atoms with E-state index in [2.05, 4.69) is 16.7 Å². The summed E-state index contributed by atoms with van der Waals surface area (Å²) >= 11 is 0. The van der Waals surface area contributed by atoms with Gasteiger partial charge in [-0.25, -0.2) is 4.79 Å². The normalized spacial score (nSPS) is 14.2. The molecule has 1 aromatic heterocycles. The minimum absolute atomic E-state index is 0.117. The lowest BCUT2D eigenvalue weighted by Gasteiger charge is -2.18. The van der Waals surface area contributed by atoms with Gasteiger partial charge in [0.15, 0.2) is 0 Å². The van der Waals surface area contributed by atoms with Crippen molar-refractivity contribution in [2.45, 2.75) is 71.3 Å². The van der Waals surface area contributed by atoms with Crippen molar-refractivity contribution >= 4 is 17.6 Å². The van der Waals surface area contributed by atoms with Gasteiger partial charge in [0.25, 0.3) is 0 Å². The Balaban J connectivity index is 1.61. The van der Waals surface area contributed by atoms with Crippen molar-refractivity contribution in [2.75, 3.05) is 25.1 Å². The van der Waals surface area contributed by atoms with Crippen LogP contribution in [0.3, 0.4) is 0 Å². The van der Waals surface area contributed by atoms with Gasteiger partial charge in [0.2, 0.25) is 5.91 Å². The second-order valence-corrected chi connectivity index (χ2v) is 7.60. The summed E-state index contributed by atoms with van der Waals surface area (Å²) in [7, 11) is 0. The van der Waals surface area contributed by atoms with Gasteiger partial charge in [0, 0.05) is 31.2 Å². The van der Waals surface area contributed by atoms with Crippen molar-refractivity contribution in [3.63, 3.8) is 0 Å². The van der Waals surface area contributed by atoms with Crippen molar-refractivity contribution in [2.24, 2.45) is 5.92 Å². The number of aromatic nitrogens is 1. The van der Waals surface area contributed by atoms with Crippen LogP contribution < -0.4 is 10.6 Å². The van der Waals surface area contributed by atoms with Gasteiger partial charge in [-0.2, -0.15) is 0 Å². The Morgan fingerprint density at radius 1 is 1.24 bits per heavy atom. The van der Waals surface area contributed by atoms with Crippen LogP contribution in [0.25, 0.3) is 0 Å².